The van der Waals surface area contributed by atoms with Crippen LogP contribution in [-0.4, -0.2) is 30.1 Å². The van der Waals surface area contributed by atoms with Crippen molar-refractivity contribution in [1.29, 1.82) is 0 Å². The molecule has 6 heteroatoms. The molecule has 0 spiro atoms. The quantitative estimate of drug-likeness (QED) is 0.906. The molecule has 0 radical (unpaired) electrons. The van der Waals surface area contributed by atoms with Crippen molar-refractivity contribution >= 4 is 5.91 Å². The topological polar surface area (TPSA) is 73.3 Å². The van der Waals surface area contributed by atoms with Gasteiger partial charge < -0.3 is 14.8 Å². The normalized spacial score (nSPS) is 10.0. The summed E-state index contributed by atoms with van der Waals surface area (Å²) in [5, 5.41) is 2.81. The monoisotopic (exact) mass is 287 g/mol. The molecule has 6 nitrogen and oxygen atoms in total. The van der Waals surface area contributed by atoms with Crippen molar-refractivity contribution < 1.29 is 14.3 Å². The summed E-state index contributed by atoms with van der Waals surface area (Å²) in [6, 6.07) is 3.73. The number of methoxy groups -OCH3 is 2. The average Bonchev–Trinajstić information content (AvgIpc) is 2.53. The molecular weight excluding hydrogens is 270 g/mol. The van der Waals surface area contributed by atoms with Gasteiger partial charge in [0.2, 0.25) is 0 Å². The summed E-state index contributed by atoms with van der Waals surface area (Å²) in [6.07, 6.45) is 4.43. The molecular formula is C15H17N3O3. The Kier molecular flexibility index (Phi) is 4.71. The zero-order chi connectivity index (χ0) is 15.2. The Bertz CT molecular complexity index is 630. The Balaban J connectivity index is 2.11. The number of hydrogen-bond donors (Lipinski definition) is 1. The molecule has 0 saturated heterocycles. The number of aryl methyl sites for hydroxylation is 1. The fraction of sp³-hybridized carbons (Fsp3) is 0.267. The molecule has 0 atom stereocenters. The van der Waals surface area contributed by atoms with E-state index >= 15 is 0 Å². The van der Waals surface area contributed by atoms with E-state index < -0.39 is 0 Å². The van der Waals surface area contributed by atoms with Crippen LogP contribution in [0.1, 0.15) is 21.6 Å². The Morgan fingerprint density at radius 2 is 1.90 bits per heavy atom. The van der Waals surface area contributed by atoms with Crippen LogP contribution in [-0.2, 0) is 6.54 Å². The van der Waals surface area contributed by atoms with E-state index in [0.29, 0.717) is 18.0 Å². The maximum absolute atomic E-state index is 11.9. The summed E-state index contributed by atoms with van der Waals surface area (Å²) in [7, 11) is 3.17. The highest BCUT2D eigenvalue weighted by Gasteiger charge is 2.11. The van der Waals surface area contributed by atoms with Gasteiger partial charge in [0.25, 0.3) is 5.91 Å². The first-order valence-electron chi connectivity index (χ1n) is 6.41. The maximum atomic E-state index is 11.9. The van der Waals surface area contributed by atoms with Gasteiger partial charge in [-0.2, -0.15) is 0 Å². The molecule has 1 N–H and O–H groups in total. The average molecular weight is 287 g/mol. The molecule has 2 aromatic rings. The fourth-order valence-corrected chi connectivity index (χ4v) is 1.90. The molecule has 0 fully saturated rings. The van der Waals surface area contributed by atoms with Crippen LogP contribution in [0.3, 0.4) is 0 Å². The molecule has 0 aliphatic heterocycles. The van der Waals surface area contributed by atoms with Crippen LogP contribution in [0, 0.1) is 6.92 Å². The highest BCUT2D eigenvalue weighted by atomic mass is 16.5. The Morgan fingerprint density at radius 3 is 2.52 bits per heavy atom. The first kappa shape index (κ1) is 14.8. The van der Waals surface area contributed by atoms with Crippen LogP contribution in [0.15, 0.2) is 30.7 Å². The van der Waals surface area contributed by atoms with Crippen LogP contribution < -0.4 is 14.8 Å². The van der Waals surface area contributed by atoms with Crippen LogP contribution in [0.2, 0.25) is 0 Å². The van der Waals surface area contributed by atoms with Gasteiger partial charge in [0, 0.05) is 18.9 Å². The van der Waals surface area contributed by atoms with Crippen molar-refractivity contribution in [3.63, 3.8) is 0 Å². The number of benzene rings is 1. The summed E-state index contributed by atoms with van der Waals surface area (Å²) in [6.45, 7) is 2.33. The van der Waals surface area contributed by atoms with Crippen molar-refractivity contribution in [3.05, 3.63) is 47.5 Å². The fourth-order valence-electron chi connectivity index (χ4n) is 1.90. The van der Waals surface area contributed by atoms with Gasteiger partial charge in [-0.3, -0.25) is 9.78 Å². The number of carbonyl (C=O) groups excluding carboxylic acids is 1. The Labute approximate surface area is 123 Å². The van der Waals surface area contributed by atoms with Gasteiger partial charge in [0.1, 0.15) is 5.69 Å². The van der Waals surface area contributed by atoms with Crippen LogP contribution >= 0.6 is 0 Å². The van der Waals surface area contributed by atoms with Gasteiger partial charge in [0.05, 0.1) is 20.4 Å². The lowest BCUT2D eigenvalue weighted by molar-refractivity contribution is 0.0945. The molecule has 1 aromatic carbocycles. The molecule has 1 aromatic heterocycles. The van der Waals surface area contributed by atoms with E-state index in [0.717, 1.165) is 11.1 Å². The minimum absolute atomic E-state index is 0.266. The van der Waals surface area contributed by atoms with E-state index in [9.17, 15) is 4.79 Å². The molecule has 21 heavy (non-hydrogen) atoms. The second-order valence-corrected chi connectivity index (χ2v) is 4.41. The number of hydrogen-bond acceptors (Lipinski definition) is 5. The molecule has 0 aliphatic carbocycles. The molecule has 110 valence electrons. The predicted octanol–water partition coefficient (Wildman–Crippen LogP) is 1.73. The maximum Gasteiger partial charge on any atom is 0.271 e. The predicted molar refractivity (Wildman–Crippen MR) is 77.5 cm³/mol. The summed E-state index contributed by atoms with van der Waals surface area (Å²) >= 11 is 0. The number of carbonyl (C=O) groups is 1. The lowest BCUT2D eigenvalue weighted by Gasteiger charge is -2.13. The van der Waals surface area contributed by atoms with Gasteiger partial charge in [-0.05, 0) is 30.2 Å². The Hall–Kier alpha value is -2.63. The van der Waals surface area contributed by atoms with Gasteiger partial charge in [-0.15, -0.1) is 0 Å². The van der Waals surface area contributed by atoms with Gasteiger partial charge >= 0.3 is 0 Å². The van der Waals surface area contributed by atoms with E-state index in [1.165, 1.54) is 18.6 Å². The number of amides is 1. The number of rotatable bonds is 5. The third kappa shape index (κ3) is 3.47. The summed E-state index contributed by atoms with van der Waals surface area (Å²) in [4.78, 5) is 19.8. The third-order valence-electron chi connectivity index (χ3n) is 3.08. The van der Waals surface area contributed by atoms with E-state index in [-0.39, 0.29) is 11.6 Å². The third-order valence-corrected chi connectivity index (χ3v) is 3.08. The van der Waals surface area contributed by atoms with Crippen LogP contribution in [0.5, 0.6) is 11.5 Å². The van der Waals surface area contributed by atoms with Crippen molar-refractivity contribution in [2.75, 3.05) is 14.2 Å². The summed E-state index contributed by atoms with van der Waals surface area (Å²) < 4.78 is 10.5. The number of aromatic nitrogens is 2. The molecule has 0 bridgehead atoms. The van der Waals surface area contributed by atoms with Gasteiger partial charge in [0.15, 0.2) is 11.5 Å². The van der Waals surface area contributed by atoms with Crippen molar-refractivity contribution in [2.45, 2.75) is 13.5 Å². The molecule has 0 unspecified atom stereocenters. The zero-order valence-electron chi connectivity index (χ0n) is 12.2. The van der Waals surface area contributed by atoms with Crippen LogP contribution in [0.4, 0.5) is 0 Å². The zero-order valence-corrected chi connectivity index (χ0v) is 12.2. The highest BCUT2D eigenvalue weighted by molar-refractivity contribution is 5.91. The minimum atomic E-state index is -0.266. The largest absolute Gasteiger partial charge is 0.493 e. The second-order valence-electron chi connectivity index (χ2n) is 4.41. The molecule has 1 amide bonds. The van der Waals surface area contributed by atoms with Crippen molar-refractivity contribution in [3.8, 4) is 11.5 Å². The van der Waals surface area contributed by atoms with Crippen molar-refractivity contribution in [1.82, 2.24) is 15.3 Å². The molecule has 1 heterocycles. The van der Waals surface area contributed by atoms with Gasteiger partial charge in [-0.25, -0.2) is 4.98 Å². The SMILES string of the molecule is COc1cc(C)c(CNC(=O)c2cnccn2)cc1OC. The highest BCUT2D eigenvalue weighted by Crippen LogP contribution is 2.30. The standard InChI is InChI=1S/C15H17N3O3/c1-10-6-13(20-2)14(21-3)7-11(10)8-18-15(19)12-9-16-4-5-17-12/h4-7,9H,8H2,1-3H3,(H,18,19). The van der Waals surface area contributed by atoms with E-state index in [2.05, 4.69) is 15.3 Å². The summed E-state index contributed by atoms with van der Waals surface area (Å²) in [5.41, 5.74) is 2.24. The van der Waals surface area contributed by atoms with E-state index in [4.69, 9.17) is 9.47 Å². The molecule has 0 aliphatic rings. The van der Waals surface area contributed by atoms with Crippen molar-refractivity contribution in [2.24, 2.45) is 0 Å². The number of nitrogens with zero attached hydrogens (tertiary/aromatic N) is 2. The first-order valence-corrected chi connectivity index (χ1v) is 6.41. The molecule has 2 rings (SSSR count). The van der Waals surface area contributed by atoms with E-state index in [1.54, 1.807) is 14.2 Å². The lowest BCUT2D eigenvalue weighted by atomic mass is 10.1. The van der Waals surface area contributed by atoms with Gasteiger partial charge in [-0.1, -0.05) is 0 Å². The second kappa shape index (κ2) is 6.69. The smallest absolute Gasteiger partial charge is 0.271 e. The molecule has 0 saturated carbocycles. The lowest BCUT2D eigenvalue weighted by Crippen LogP contribution is -2.24. The minimum Gasteiger partial charge on any atom is -0.493 e. The number of ether oxygens (including phenoxy) is 2. The Morgan fingerprint density at radius 1 is 1.19 bits per heavy atom. The first-order chi connectivity index (χ1) is 10.2. The summed E-state index contributed by atoms with van der Waals surface area (Å²) in [5.74, 6) is 1.03. The van der Waals surface area contributed by atoms with Crippen LogP contribution in [0.25, 0.3) is 0 Å². The van der Waals surface area contributed by atoms with E-state index in [1.807, 2.05) is 19.1 Å². The number of nitrogens with one attached hydrogen (secondary N) is 1.